The van der Waals surface area contributed by atoms with Crippen molar-refractivity contribution in [3.05, 3.63) is 90.1 Å². The van der Waals surface area contributed by atoms with Gasteiger partial charge in [0.25, 0.3) is 11.8 Å². The van der Waals surface area contributed by atoms with Crippen LogP contribution in [0.4, 0.5) is 0 Å². The molecular weight excluding hydrogens is 380 g/mol. The van der Waals surface area contributed by atoms with Gasteiger partial charge in [0.1, 0.15) is 11.4 Å². The number of carbonyl (C=O) groups excluding carboxylic acids is 2. The summed E-state index contributed by atoms with van der Waals surface area (Å²) in [6, 6.07) is 16.0. The van der Waals surface area contributed by atoms with E-state index in [1.165, 1.54) is 0 Å². The number of benzene rings is 2. The summed E-state index contributed by atoms with van der Waals surface area (Å²) in [5, 5.41) is 5.59. The fraction of sp³-hybridized carbons (Fsp3) is 0.174. The number of methoxy groups -OCH3 is 1. The summed E-state index contributed by atoms with van der Waals surface area (Å²) >= 11 is 0. The van der Waals surface area contributed by atoms with Crippen molar-refractivity contribution in [3.8, 4) is 5.75 Å². The third kappa shape index (κ3) is 6.07. The normalized spacial score (nSPS) is 11.0. The van der Waals surface area contributed by atoms with Crippen molar-refractivity contribution in [2.24, 2.45) is 0 Å². The van der Waals surface area contributed by atoms with Crippen molar-refractivity contribution in [1.29, 1.82) is 0 Å². The zero-order valence-electron chi connectivity index (χ0n) is 16.7. The summed E-state index contributed by atoms with van der Waals surface area (Å²) in [5.41, 5.74) is 1.43. The summed E-state index contributed by atoms with van der Waals surface area (Å²) in [4.78, 5) is 29.3. The van der Waals surface area contributed by atoms with E-state index in [0.717, 1.165) is 18.5 Å². The van der Waals surface area contributed by atoms with Crippen LogP contribution in [0.2, 0.25) is 0 Å². The number of aryl methyl sites for hydroxylation is 1. The van der Waals surface area contributed by atoms with Crippen molar-refractivity contribution in [2.75, 3.05) is 13.7 Å². The Kier molecular flexibility index (Phi) is 7.38. The Bertz CT molecular complexity index is 981. The lowest BCUT2D eigenvalue weighted by Gasteiger charge is -2.12. The smallest absolute Gasteiger partial charge is 0.267 e. The molecular formula is C23H24N4O3. The first-order chi connectivity index (χ1) is 14.7. The lowest BCUT2D eigenvalue weighted by atomic mass is 10.1. The summed E-state index contributed by atoms with van der Waals surface area (Å²) < 4.78 is 7.11. The van der Waals surface area contributed by atoms with Gasteiger partial charge >= 0.3 is 0 Å². The minimum absolute atomic E-state index is 0.177. The number of hydrogen-bond donors (Lipinski definition) is 2. The van der Waals surface area contributed by atoms with Crippen LogP contribution in [0, 0.1) is 0 Å². The van der Waals surface area contributed by atoms with Crippen LogP contribution in [-0.4, -0.2) is 35.0 Å². The Hall–Kier alpha value is -3.87. The van der Waals surface area contributed by atoms with Crippen LogP contribution in [-0.2, 0) is 11.3 Å². The summed E-state index contributed by atoms with van der Waals surface area (Å²) in [6.45, 7) is 1.21. The maximum Gasteiger partial charge on any atom is 0.267 e. The molecule has 0 atom stereocenters. The highest BCUT2D eigenvalue weighted by molar-refractivity contribution is 6.05. The SMILES string of the molecule is COc1ccc(/C=C(\NC(=O)c2ccccc2)C(=O)NCCCn2ccnc2)cc1. The molecule has 2 aromatic carbocycles. The maximum absolute atomic E-state index is 12.8. The van der Waals surface area contributed by atoms with E-state index in [0.29, 0.717) is 17.9 Å². The number of imidazole rings is 1. The van der Waals surface area contributed by atoms with Gasteiger partial charge in [-0.25, -0.2) is 4.98 Å². The van der Waals surface area contributed by atoms with Crippen LogP contribution < -0.4 is 15.4 Å². The first-order valence-electron chi connectivity index (χ1n) is 9.62. The van der Waals surface area contributed by atoms with E-state index in [2.05, 4.69) is 15.6 Å². The predicted molar refractivity (Wildman–Crippen MR) is 115 cm³/mol. The molecule has 3 rings (SSSR count). The van der Waals surface area contributed by atoms with Crippen molar-refractivity contribution < 1.29 is 14.3 Å². The fourth-order valence-electron chi connectivity index (χ4n) is 2.79. The number of amides is 2. The zero-order chi connectivity index (χ0) is 21.2. The molecule has 7 nitrogen and oxygen atoms in total. The van der Waals surface area contributed by atoms with Crippen LogP contribution in [0.15, 0.2) is 79.0 Å². The molecule has 3 aromatic rings. The van der Waals surface area contributed by atoms with Gasteiger partial charge < -0.3 is 19.9 Å². The molecule has 1 aromatic heterocycles. The van der Waals surface area contributed by atoms with Gasteiger partial charge in [-0.2, -0.15) is 0 Å². The molecule has 1 heterocycles. The number of nitrogens with one attached hydrogen (secondary N) is 2. The third-order valence-electron chi connectivity index (χ3n) is 4.39. The van der Waals surface area contributed by atoms with Crippen LogP contribution >= 0.6 is 0 Å². The van der Waals surface area contributed by atoms with E-state index in [-0.39, 0.29) is 17.5 Å². The lowest BCUT2D eigenvalue weighted by Crippen LogP contribution is -2.35. The molecule has 2 N–H and O–H groups in total. The Morgan fingerprint density at radius 2 is 1.87 bits per heavy atom. The molecule has 0 aliphatic carbocycles. The van der Waals surface area contributed by atoms with Crippen LogP contribution in [0.25, 0.3) is 6.08 Å². The number of aromatic nitrogens is 2. The minimum atomic E-state index is -0.347. The molecule has 0 radical (unpaired) electrons. The molecule has 2 amide bonds. The maximum atomic E-state index is 12.8. The van der Waals surface area contributed by atoms with Gasteiger partial charge in [0.05, 0.1) is 13.4 Å². The summed E-state index contributed by atoms with van der Waals surface area (Å²) in [5.74, 6) is 0.0237. The molecule has 0 fully saturated rings. The van der Waals surface area contributed by atoms with E-state index in [1.54, 1.807) is 62.1 Å². The van der Waals surface area contributed by atoms with Gasteiger partial charge in [0.15, 0.2) is 0 Å². The summed E-state index contributed by atoms with van der Waals surface area (Å²) in [6.07, 6.45) is 7.71. The molecule has 0 saturated heterocycles. The zero-order valence-corrected chi connectivity index (χ0v) is 16.7. The molecule has 0 unspecified atom stereocenters. The number of carbonyl (C=O) groups is 2. The molecule has 30 heavy (non-hydrogen) atoms. The topological polar surface area (TPSA) is 85.2 Å². The predicted octanol–water partition coefficient (Wildman–Crippen LogP) is 2.87. The van der Waals surface area contributed by atoms with E-state index >= 15 is 0 Å². The number of nitrogens with zero attached hydrogens (tertiary/aromatic N) is 2. The Morgan fingerprint density at radius 1 is 1.10 bits per heavy atom. The molecule has 0 saturated carbocycles. The Balaban J connectivity index is 1.69. The second kappa shape index (κ2) is 10.6. The van der Waals surface area contributed by atoms with Gasteiger partial charge in [0.2, 0.25) is 0 Å². The van der Waals surface area contributed by atoms with E-state index in [9.17, 15) is 9.59 Å². The van der Waals surface area contributed by atoms with Crippen LogP contribution in [0.1, 0.15) is 22.3 Å². The second-order valence-electron chi connectivity index (χ2n) is 6.56. The standard InChI is InChI=1S/C23H24N4O3/c1-30-20-10-8-18(9-11-20)16-21(26-22(28)19-6-3-2-4-7-19)23(29)25-12-5-14-27-15-13-24-17-27/h2-4,6-11,13,15-17H,5,12,14H2,1H3,(H,25,29)(H,26,28)/b21-16-. The highest BCUT2D eigenvalue weighted by Crippen LogP contribution is 2.14. The molecule has 7 heteroatoms. The van der Waals surface area contributed by atoms with E-state index in [4.69, 9.17) is 4.74 Å². The van der Waals surface area contributed by atoms with Crippen molar-refractivity contribution in [3.63, 3.8) is 0 Å². The quantitative estimate of drug-likeness (QED) is 0.424. The third-order valence-corrected chi connectivity index (χ3v) is 4.39. The molecule has 0 aliphatic heterocycles. The lowest BCUT2D eigenvalue weighted by molar-refractivity contribution is -0.117. The Labute approximate surface area is 175 Å². The number of hydrogen-bond acceptors (Lipinski definition) is 4. The van der Waals surface area contributed by atoms with Crippen molar-refractivity contribution in [1.82, 2.24) is 20.2 Å². The fourth-order valence-corrected chi connectivity index (χ4v) is 2.79. The van der Waals surface area contributed by atoms with Gasteiger partial charge in [-0.1, -0.05) is 30.3 Å². The van der Waals surface area contributed by atoms with Gasteiger partial charge in [0, 0.05) is 31.0 Å². The molecule has 154 valence electrons. The molecule has 0 aliphatic rings. The van der Waals surface area contributed by atoms with Gasteiger partial charge in [-0.05, 0) is 42.3 Å². The largest absolute Gasteiger partial charge is 0.497 e. The monoisotopic (exact) mass is 404 g/mol. The minimum Gasteiger partial charge on any atom is -0.497 e. The average molecular weight is 404 g/mol. The van der Waals surface area contributed by atoms with E-state index < -0.39 is 0 Å². The summed E-state index contributed by atoms with van der Waals surface area (Å²) in [7, 11) is 1.59. The van der Waals surface area contributed by atoms with Crippen molar-refractivity contribution >= 4 is 17.9 Å². The van der Waals surface area contributed by atoms with E-state index in [1.807, 2.05) is 29.0 Å². The number of ether oxygens (including phenoxy) is 1. The molecule has 0 spiro atoms. The van der Waals surface area contributed by atoms with Gasteiger partial charge in [-0.15, -0.1) is 0 Å². The highest BCUT2D eigenvalue weighted by Gasteiger charge is 2.14. The Morgan fingerprint density at radius 3 is 2.53 bits per heavy atom. The van der Waals surface area contributed by atoms with Crippen LogP contribution in [0.3, 0.4) is 0 Å². The first-order valence-corrected chi connectivity index (χ1v) is 9.62. The first kappa shape index (κ1) is 20.9. The molecule has 0 bridgehead atoms. The van der Waals surface area contributed by atoms with Crippen LogP contribution in [0.5, 0.6) is 5.75 Å². The van der Waals surface area contributed by atoms with Gasteiger partial charge in [-0.3, -0.25) is 9.59 Å². The second-order valence-corrected chi connectivity index (χ2v) is 6.56. The number of rotatable bonds is 9. The average Bonchev–Trinajstić information content (AvgIpc) is 3.31. The van der Waals surface area contributed by atoms with Crippen molar-refractivity contribution in [2.45, 2.75) is 13.0 Å². The highest BCUT2D eigenvalue weighted by atomic mass is 16.5.